The van der Waals surface area contributed by atoms with Crippen LogP contribution in [0.15, 0.2) is 12.4 Å². The van der Waals surface area contributed by atoms with Crippen LogP contribution < -0.4 is 5.32 Å². The summed E-state index contributed by atoms with van der Waals surface area (Å²) in [5.41, 5.74) is 0. The van der Waals surface area contributed by atoms with E-state index in [0.29, 0.717) is 0 Å². The van der Waals surface area contributed by atoms with Crippen LogP contribution >= 0.6 is 0 Å². The number of hydrogen-bond donors (Lipinski definition) is 1. The topological polar surface area (TPSA) is 29.9 Å². The van der Waals surface area contributed by atoms with E-state index in [1.165, 1.54) is 18.7 Å². The van der Waals surface area contributed by atoms with Gasteiger partial charge in [-0.25, -0.2) is 4.98 Å². The molecule has 0 aromatic carbocycles. The van der Waals surface area contributed by atoms with E-state index in [0.717, 1.165) is 32.0 Å². The molecule has 0 radical (unpaired) electrons. The summed E-state index contributed by atoms with van der Waals surface area (Å²) < 4.78 is 2.23. The summed E-state index contributed by atoms with van der Waals surface area (Å²) >= 11 is 0. The van der Waals surface area contributed by atoms with E-state index < -0.39 is 0 Å². The SMILES string of the molecule is CCCNCC(C)CCc1nccn1CC. The Labute approximate surface area is 99.3 Å². The van der Waals surface area contributed by atoms with Gasteiger partial charge in [0, 0.05) is 25.4 Å². The quantitative estimate of drug-likeness (QED) is 0.686. The van der Waals surface area contributed by atoms with Crippen molar-refractivity contribution in [1.82, 2.24) is 14.9 Å². The molecule has 92 valence electrons. The Hall–Kier alpha value is -0.830. The van der Waals surface area contributed by atoms with Crippen LogP contribution in [0, 0.1) is 5.92 Å². The van der Waals surface area contributed by atoms with Crippen molar-refractivity contribution in [2.75, 3.05) is 13.1 Å². The molecule has 0 spiro atoms. The zero-order valence-corrected chi connectivity index (χ0v) is 10.9. The molecule has 1 unspecified atom stereocenters. The first-order valence-electron chi connectivity index (χ1n) is 6.48. The molecule has 1 aromatic heterocycles. The molecule has 0 fully saturated rings. The van der Waals surface area contributed by atoms with E-state index >= 15 is 0 Å². The molecule has 3 nitrogen and oxygen atoms in total. The molecule has 1 aromatic rings. The van der Waals surface area contributed by atoms with Crippen LogP contribution in [0.25, 0.3) is 0 Å². The number of hydrogen-bond acceptors (Lipinski definition) is 2. The molecule has 3 heteroatoms. The van der Waals surface area contributed by atoms with Crippen molar-refractivity contribution in [2.45, 2.75) is 46.6 Å². The van der Waals surface area contributed by atoms with E-state index in [9.17, 15) is 0 Å². The number of nitrogens with zero attached hydrogens (tertiary/aromatic N) is 2. The van der Waals surface area contributed by atoms with Gasteiger partial charge in [0.2, 0.25) is 0 Å². The lowest BCUT2D eigenvalue weighted by Gasteiger charge is -2.12. The summed E-state index contributed by atoms with van der Waals surface area (Å²) in [5.74, 6) is 1.96. The van der Waals surface area contributed by atoms with Gasteiger partial charge in [0.25, 0.3) is 0 Å². The average molecular weight is 223 g/mol. The summed E-state index contributed by atoms with van der Waals surface area (Å²) in [7, 11) is 0. The van der Waals surface area contributed by atoms with Gasteiger partial charge in [-0.05, 0) is 38.8 Å². The Balaban J connectivity index is 2.23. The Bertz CT molecular complexity index is 280. The number of aromatic nitrogens is 2. The zero-order chi connectivity index (χ0) is 11.8. The first-order valence-corrected chi connectivity index (χ1v) is 6.48. The molecule has 0 saturated carbocycles. The molecule has 0 aliphatic carbocycles. The van der Waals surface area contributed by atoms with Crippen LogP contribution in [0.2, 0.25) is 0 Å². The van der Waals surface area contributed by atoms with Crippen molar-refractivity contribution in [3.8, 4) is 0 Å². The van der Waals surface area contributed by atoms with Crippen molar-refractivity contribution in [3.05, 3.63) is 18.2 Å². The first kappa shape index (κ1) is 13.2. The fourth-order valence-corrected chi connectivity index (χ4v) is 1.86. The largest absolute Gasteiger partial charge is 0.335 e. The maximum Gasteiger partial charge on any atom is 0.108 e. The number of nitrogens with one attached hydrogen (secondary N) is 1. The number of imidazole rings is 1. The molecule has 1 rings (SSSR count). The zero-order valence-electron chi connectivity index (χ0n) is 10.9. The minimum absolute atomic E-state index is 0.730. The highest BCUT2D eigenvalue weighted by molar-refractivity contribution is 4.92. The molecule has 0 aliphatic rings. The monoisotopic (exact) mass is 223 g/mol. The fraction of sp³-hybridized carbons (Fsp3) is 0.769. The van der Waals surface area contributed by atoms with Crippen LogP contribution in [-0.4, -0.2) is 22.6 Å². The Morgan fingerprint density at radius 3 is 2.94 bits per heavy atom. The van der Waals surface area contributed by atoms with Crippen molar-refractivity contribution >= 4 is 0 Å². The molecular weight excluding hydrogens is 198 g/mol. The van der Waals surface area contributed by atoms with Crippen molar-refractivity contribution in [3.63, 3.8) is 0 Å². The van der Waals surface area contributed by atoms with Gasteiger partial charge in [-0.1, -0.05) is 13.8 Å². The summed E-state index contributed by atoms with van der Waals surface area (Å²) in [6.45, 7) is 9.96. The van der Waals surface area contributed by atoms with Crippen LogP contribution in [0.3, 0.4) is 0 Å². The van der Waals surface area contributed by atoms with E-state index in [-0.39, 0.29) is 0 Å². The predicted octanol–water partition coefficient (Wildman–Crippen LogP) is 2.47. The smallest absolute Gasteiger partial charge is 0.108 e. The molecule has 0 aliphatic heterocycles. The molecule has 1 atom stereocenters. The van der Waals surface area contributed by atoms with Gasteiger partial charge in [-0.15, -0.1) is 0 Å². The third-order valence-electron chi connectivity index (χ3n) is 2.92. The van der Waals surface area contributed by atoms with Crippen LogP contribution in [0.1, 0.15) is 39.4 Å². The van der Waals surface area contributed by atoms with Gasteiger partial charge >= 0.3 is 0 Å². The highest BCUT2D eigenvalue weighted by Crippen LogP contribution is 2.07. The molecule has 0 saturated heterocycles. The highest BCUT2D eigenvalue weighted by Gasteiger charge is 2.05. The normalized spacial score (nSPS) is 12.9. The lowest BCUT2D eigenvalue weighted by molar-refractivity contribution is 0.472. The summed E-state index contributed by atoms with van der Waals surface area (Å²) in [4.78, 5) is 4.40. The second-order valence-electron chi connectivity index (χ2n) is 4.48. The minimum atomic E-state index is 0.730. The molecule has 0 amide bonds. The van der Waals surface area contributed by atoms with E-state index in [1.54, 1.807) is 0 Å². The van der Waals surface area contributed by atoms with Gasteiger partial charge in [-0.2, -0.15) is 0 Å². The molecule has 16 heavy (non-hydrogen) atoms. The van der Waals surface area contributed by atoms with Crippen LogP contribution in [0.5, 0.6) is 0 Å². The predicted molar refractivity (Wildman–Crippen MR) is 68.5 cm³/mol. The van der Waals surface area contributed by atoms with Crippen molar-refractivity contribution < 1.29 is 0 Å². The Morgan fingerprint density at radius 2 is 2.25 bits per heavy atom. The van der Waals surface area contributed by atoms with Crippen LogP contribution in [-0.2, 0) is 13.0 Å². The summed E-state index contributed by atoms with van der Waals surface area (Å²) in [5, 5.41) is 3.47. The molecular formula is C13H25N3. The molecule has 0 bridgehead atoms. The van der Waals surface area contributed by atoms with Crippen molar-refractivity contribution in [1.29, 1.82) is 0 Å². The van der Waals surface area contributed by atoms with Gasteiger partial charge in [-0.3, -0.25) is 0 Å². The Morgan fingerprint density at radius 1 is 1.44 bits per heavy atom. The lowest BCUT2D eigenvalue weighted by Crippen LogP contribution is -2.22. The second-order valence-corrected chi connectivity index (χ2v) is 4.48. The van der Waals surface area contributed by atoms with Gasteiger partial charge in [0.15, 0.2) is 0 Å². The molecule has 1 heterocycles. The average Bonchev–Trinajstić information content (AvgIpc) is 2.74. The number of rotatable bonds is 8. The third-order valence-corrected chi connectivity index (χ3v) is 2.92. The van der Waals surface area contributed by atoms with Gasteiger partial charge in [0.05, 0.1) is 0 Å². The van der Waals surface area contributed by atoms with E-state index in [2.05, 4.69) is 41.8 Å². The Kier molecular flexibility index (Phi) is 6.16. The van der Waals surface area contributed by atoms with Gasteiger partial charge in [0.1, 0.15) is 5.82 Å². The second kappa shape index (κ2) is 7.44. The van der Waals surface area contributed by atoms with Gasteiger partial charge < -0.3 is 9.88 Å². The minimum Gasteiger partial charge on any atom is -0.335 e. The van der Waals surface area contributed by atoms with E-state index in [4.69, 9.17) is 0 Å². The standard InChI is InChI=1S/C13H25N3/c1-4-8-14-11-12(3)6-7-13-15-9-10-16(13)5-2/h9-10,12,14H,4-8,11H2,1-3H3. The maximum atomic E-state index is 4.40. The summed E-state index contributed by atoms with van der Waals surface area (Å²) in [6.07, 6.45) is 7.49. The van der Waals surface area contributed by atoms with Crippen LogP contribution in [0.4, 0.5) is 0 Å². The van der Waals surface area contributed by atoms with E-state index in [1.807, 2.05) is 6.20 Å². The third kappa shape index (κ3) is 4.35. The maximum absolute atomic E-state index is 4.40. The lowest BCUT2D eigenvalue weighted by atomic mass is 10.1. The number of aryl methyl sites for hydroxylation is 2. The highest BCUT2D eigenvalue weighted by atomic mass is 15.0. The van der Waals surface area contributed by atoms with Crippen molar-refractivity contribution in [2.24, 2.45) is 5.92 Å². The first-order chi connectivity index (χ1) is 7.77. The molecule has 1 N–H and O–H groups in total. The fourth-order valence-electron chi connectivity index (χ4n) is 1.86. The summed E-state index contributed by atoms with van der Waals surface area (Å²) in [6, 6.07) is 0.